The van der Waals surface area contributed by atoms with Crippen molar-refractivity contribution >= 4 is 11.8 Å². The molecule has 1 aliphatic rings. The van der Waals surface area contributed by atoms with Crippen molar-refractivity contribution in [1.29, 1.82) is 0 Å². The van der Waals surface area contributed by atoms with E-state index in [-0.39, 0.29) is 0 Å². The molecule has 28 heavy (non-hydrogen) atoms. The zero-order valence-corrected chi connectivity index (χ0v) is 17.0. The molecule has 1 fully saturated rings. The lowest BCUT2D eigenvalue weighted by Gasteiger charge is -2.33. The molecule has 0 saturated carbocycles. The molecule has 8 heteroatoms. The number of aromatic nitrogens is 3. The van der Waals surface area contributed by atoms with Crippen LogP contribution in [0.1, 0.15) is 18.9 Å². The molecule has 2 N–H and O–H groups in total. The molecular formula is C20H32N8. The fourth-order valence-electron chi connectivity index (χ4n) is 3.16. The van der Waals surface area contributed by atoms with Crippen LogP contribution in [0.3, 0.4) is 0 Å². The summed E-state index contributed by atoms with van der Waals surface area (Å²) in [6.45, 7) is 9.53. The lowest BCUT2D eigenvalue weighted by molar-refractivity contribution is 0.312. The number of guanidine groups is 1. The van der Waals surface area contributed by atoms with Gasteiger partial charge in [-0.05, 0) is 44.2 Å². The predicted octanol–water partition coefficient (Wildman–Crippen LogP) is 1.18. The number of piperazine rings is 1. The van der Waals surface area contributed by atoms with E-state index in [0.29, 0.717) is 6.54 Å². The van der Waals surface area contributed by atoms with Crippen LogP contribution in [0.15, 0.2) is 41.8 Å². The Morgan fingerprint density at radius 1 is 1.18 bits per heavy atom. The first-order valence-electron chi connectivity index (χ1n) is 10.1. The van der Waals surface area contributed by atoms with Crippen LogP contribution in [0.2, 0.25) is 0 Å². The van der Waals surface area contributed by atoms with Crippen LogP contribution in [0.4, 0.5) is 5.82 Å². The van der Waals surface area contributed by atoms with E-state index in [0.717, 1.165) is 64.0 Å². The summed E-state index contributed by atoms with van der Waals surface area (Å²) in [7, 11) is 2.17. The SMILES string of the molecule is CCNC(=NCc1ccnc(N2CCN(C)CC2)c1)NCCCn1cccn1. The second-order valence-corrected chi connectivity index (χ2v) is 7.06. The Bertz CT molecular complexity index is 720. The van der Waals surface area contributed by atoms with Gasteiger partial charge in [-0.3, -0.25) is 4.68 Å². The van der Waals surface area contributed by atoms with Gasteiger partial charge in [0, 0.05) is 64.4 Å². The number of anilines is 1. The molecular weight excluding hydrogens is 352 g/mol. The first kappa shape index (κ1) is 20.1. The fourth-order valence-corrected chi connectivity index (χ4v) is 3.16. The van der Waals surface area contributed by atoms with E-state index in [2.05, 4.69) is 50.6 Å². The van der Waals surface area contributed by atoms with E-state index >= 15 is 0 Å². The molecule has 0 radical (unpaired) electrons. The second kappa shape index (κ2) is 10.7. The minimum Gasteiger partial charge on any atom is -0.357 e. The van der Waals surface area contributed by atoms with Crippen LogP contribution in [-0.4, -0.2) is 71.9 Å². The first-order chi connectivity index (χ1) is 13.7. The highest BCUT2D eigenvalue weighted by Crippen LogP contribution is 2.15. The largest absolute Gasteiger partial charge is 0.357 e. The third-order valence-corrected chi connectivity index (χ3v) is 4.82. The topological polar surface area (TPSA) is 73.6 Å². The molecule has 0 aliphatic carbocycles. The minimum absolute atomic E-state index is 0.637. The summed E-state index contributed by atoms with van der Waals surface area (Å²) in [5.41, 5.74) is 1.18. The first-order valence-corrected chi connectivity index (χ1v) is 10.1. The van der Waals surface area contributed by atoms with Gasteiger partial charge in [-0.2, -0.15) is 5.10 Å². The summed E-state index contributed by atoms with van der Waals surface area (Å²) in [5.74, 6) is 1.90. The highest BCUT2D eigenvalue weighted by molar-refractivity contribution is 5.79. The Labute approximate surface area is 167 Å². The van der Waals surface area contributed by atoms with Crippen molar-refractivity contribution in [1.82, 2.24) is 30.3 Å². The van der Waals surface area contributed by atoms with Gasteiger partial charge in [-0.25, -0.2) is 9.98 Å². The third kappa shape index (κ3) is 6.23. The Balaban J connectivity index is 1.51. The van der Waals surface area contributed by atoms with E-state index in [1.54, 1.807) is 0 Å². The number of aryl methyl sites for hydroxylation is 1. The van der Waals surface area contributed by atoms with Crippen molar-refractivity contribution in [3.05, 3.63) is 42.4 Å². The Hall–Kier alpha value is -2.61. The Morgan fingerprint density at radius 3 is 2.79 bits per heavy atom. The van der Waals surface area contributed by atoms with Gasteiger partial charge in [0.05, 0.1) is 6.54 Å². The summed E-state index contributed by atoms with van der Waals surface area (Å²) in [5, 5.41) is 10.9. The summed E-state index contributed by atoms with van der Waals surface area (Å²) >= 11 is 0. The van der Waals surface area contributed by atoms with Crippen molar-refractivity contribution < 1.29 is 0 Å². The van der Waals surface area contributed by atoms with Crippen LogP contribution in [0.5, 0.6) is 0 Å². The molecule has 8 nitrogen and oxygen atoms in total. The van der Waals surface area contributed by atoms with Gasteiger partial charge in [0.15, 0.2) is 5.96 Å². The molecule has 0 bridgehead atoms. The highest BCUT2D eigenvalue weighted by atomic mass is 15.3. The summed E-state index contributed by atoms with van der Waals surface area (Å²) in [6.07, 6.45) is 6.68. The van der Waals surface area contributed by atoms with Gasteiger partial charge in [0.25, 0.3) is 0 Å². The Kier molecular flexibility index (Phi) is 7.66. The number of hydrogen-bond acceptors (Lipinski definition) is 5. The van der Waals surface area contributed by atoms with E-state index in [1.807, 2.05) is 35.4 Å². The zero-order chi connectivity index (χ0) is 19.6. The molecule has 2 aromatic heterocycles. The maximum atomic E-state index is 4.73. The van der Waals surface area contributed by atoms with Gasteiger partial charge >= 0.3 is 0 Å². The quantitative estimate of drug-likeness (QED) is 0.404. The van der Waals surface area contributed by atoms with Crippen molar-refractivity contribution in [2.75, 3.05) is 51.2 Å². The summed E-state index contributed by atoms with van der Waals surface area (Å²) in [6, 6.07) is 6.16. The third-order valence-electron chi connectivity index (χ3n) is 4.82. The average molecular weight is 385 g/mol. The molecule has 3 rings (SSSR count). The maximum Gasteiger partial charge on any atom is 0.191 e. The fraction of sp³-hybridized carbons (Fsp3) is 0.550. The van der Waals surface area contributed by atoms with Gasteiger partial charge in [-0.1, -0.05) is 0 Å². The normalized spacial score (nSPS) is 15.6. The van der Waals surface area contributed by atoms with Crippen LogP contribution in [0, 0.1) is 0 Å². The van der Waals surface area contributed by atoms with Gasteiger partial charge < -0.3 is 20.4 Å². The van der Waals surface area contributed by atoms with E-state index in [1.165, 1.54) is 5.56 Å². The average Bonchev–Trinajstić information content (AvgIpc) is 3.23. The van der Waals surface area contributed by atoms with E-state index < -0.39 is 0 Å². The van der Waals surface area contributed by atoms with Crippen molar-refractivity contribution in [2.45, 2.75) is 26.4 Å². The number of nitrogens with one attached hydrogen (secondary N) is 2. The van der Waals surface area contributed by atoms with Crippen molar-refractivity contribution in [2.24, 2.45) is 4.99 Å². The molecule has 1 aliphatic heterocycles. The summed E-state index contributed by atoms with van der Waals surface area (Å²) in [4.78, 5) is 14.0. The monoisotopic (exact) mass is 384 g/mol. The van der Waals surface area contributed by atoms with Crippen LogP contribution in [-0.2, 0) is 13.1 Å². The van der Waals surface area contributed by atoms with Crippen LogP contribution < -0.4 is 15.5 Å². The lowest BCUT2D eigenvalue weighted by Crippen LogP contribution is -2.44. The lowest BCUT2D eigenvalue weighted by atomic mass is 10.2. The summed E-state index contributed by atoms with van der Waals surface area (Å²) < 4.78 is 1.95. The predicted molar refractivity (Wildman–Crippen MR) is 114 cm³/mol. The number of hydrogen-bond donors (Lipinski definition) is 2. The molecule has 3 heterocycles. The molecule has 2 aromatic rings. The smallest absolute Gasteiger partial charge is 0.191 e. The van der Waals surface area contributed by atoms with E-state index in [9.17, 15) is 0 Å². The highest BCUT2D eigenvalue weighted by Gasteiger charge is 2.15. The Morgan fingerprint density at radius 2 is 2.04 bits per heavy atom. The van der Waals surface area contributed by atoms with Crippen LogP contribution >= 0.6 is 0 Å². The molecule has 0 aromatic carbocycles. The zero-order valence-electron chi connectivity index (χ0n) is 17.0. The van der Waals surface area contributed by atoms with Gasteiger partial charge in [0.2, 0.25) is 0 Å². The molecule has 0 amide bonds. The maximum absolute atomic E-state index is 4.73. The molecule has 0 atom stereocenters. The molecule has 0 unspecified atom stereocenters. The standard InChI is InChI=1S/C20H32N8/c1-3-21-20(23-7-4-10-28-11-5-8-25-28)24-17-18-6-9-22-19(16-18)27-14-12-26(2)13-15-27/h5-6,8-9,11,16H,3-4,7,10,12-15,17H2,1-2H3,(H2,21,23,24). The number of aliphatic imine (C=N–C) groups is 1. The van der Waals surface area contributed by atoms with Gasteiger partial charge in [0.1, 0.15) is 5.82 Å². The number of rotatable bonds is 8. The second-order valence-electron chi connectivity index (χ2n) is 7.06. The minimum atomic E-state index is 0.637. The molecule has 0 spiro atoms. The van der Waals surface area contributed by atoms with Crippen LogP contribution in [0.25, 0.3) is 0 Å². The van der Waals surface area contributed by atoms with E-state index in [4.69, 9.17) is 4.99 Å². The number of nitrogens with zero attached hydrogens (tertiary/aromatic N) is 6. The number of likely N-dealkylation sites (N-methyl/N-ethyl adjacent to an activating group) is 1. The molecule has 152 valence electrons. The molecule has 1 saturated heterocycles. The van der Waals surface area contributed by atoms with Gasteiger partial charge in [-0.15, -0.1) is 0 Å². The van der Waals surface area contributed by atoms with Crippen molar-refractivity contribution in [3.63, 3.8) is 0 Å². The number of pyridine rings is 1. The van der Waals surface area contributed by atoms with Crippen molar-refractivity contribution in [3.8, 4) is 0 Å².